The van der Waals surface area contributed by atoms with Gasteiger partial charge in [-0.2, -0.15) is 0 Å². The van der Waals surface area contributed by atoms with Crippen LogP contribution in [0.4, 0.5) is 0 Å². The quantitative estimate of drug-likeness (QED) is 0.446. The molecular weight excluding hydrogens is 332 g/mol. The first-order chi connectivity index (χ1) is 12.1. The number of ether oxygens (including phenoxy) is 1. The zero-order valence-electron chi connectivity index (χ0n) is 15.6. The molecule has 138 valence electrons. The van der Waals surface area contributed by atoms with Crippen molar-refractivity contribution in [2.45, 2.75) is 71.6 Å². The molecule has 0 aliphatic heterocycles. The number of halogens is 1. The van der Waals surface area contributed by atoms with Crippen molar-refractivity contribution in [2.75, 3.05) is 0 Å². The number of benzene rings is 1. The molecular formula is C22H31ClO2. The minimum Gasteiger partial charge on any atom is -0.426 e. The van der Waals surface area contributed by atoms with Gasteiger partial charge in [0.05, 0.1) is 5.92 Å². The molecule has 0 radical (unpaired) electrons. The first kappa shape index (κ1) is 18.8. The van der Waals surface area contributed by atoms with Crippen LogP contribution in [0.5, 0.6) is 5.75 Å². The molecule has 2 aliphatic rings. The summed E-state index contributed by atoms with van der Waals surface area (Å²) in [5.41, 5.74) is 0.943. The number of esters is 1. The van der Waals surface area contributed by atoms with Crippen LogP contribution in [0.25, 0.3) is 0 Å². The number of carbonyl (C=O) groups is 1. The Morgan fingerprint density at radius 3 is 2.20 bits per heavy atom. The molecule has 0 aromatic heterocycles. The average molecular weight is 363 g/mol. The van der Waals surface area contributed by atoms with Gasteiger partial charge in [-0.05, 0) is 87.0 Å². The fourth-order valence-electron chi connectivity index (χ4n) is 4.77. The van der Waals surface area contributed by atoms with Crippen molar-refractivity contribution in [3.8, 4) is 5.75 Å². The fourth-order valence-corrected chi connectivity index (χ4v) is 4.89. The summed E-state index contributed by atoms with van der Waals surface area (Å²) in [6.45, 7) is 4.25. The predicted molar refractivity (Wildman–Crippen MR) is 103 cm³/mol. The number of aryl methyl sites for hydroxylation is 1. The highest BCUT2D eigenvalue weighted by Crippen LogP contribution is 2.42. The molecule has 2 nitrogen and oxygen atoms in total. The molecule has 0 N–H and O–H groups in total. The number of hydrogen-bond donors (Lipinski definition) is 0. The third-order valence-electron chi connectivity index (χ3n) is 6.59. The molecule has 2 saturated carbocycles. The molecule has 2 aliphatic carbocycles. The third kappa shape index (κ3) is 4.78. The summed E-state index contributed by atoms with van der Waals surface area (Å²) in [4.78, 5) is 12.5. The lowest BCUT2D eigenvalue weighted by molar-refractivity contribution is -0.140. The lowest BCUT2D eigenvalue weighted by atomic mass is 9.69. The van der Waals surface area contributed by atoms with Crippen molar-refractivity contribution in [3.05, 3.63) is 28.8 Å². The predicted octanol–water partition coefficient (Wildman–Crippen LogP) is 6.58. The number of carbonyl (C=O) groups excluding carboxylic acids is 1. The molecule has 25 heavy (non-hydrogen) atoms. The van der Waals surface area contributed by atoms with Gasteiger partial charge in [0.1, 0.15) is 5.75 Å². The van der Waals surface area contributed by atoms with E-state index in [1.54, 1.807) is 12.1 Å². The highest BCUT2D eigenvalue weighted by molar-refractivity contribution is 6.31. The monoisotopic (exact) mass is 362 g/mol. The normalized spacial score (nSPS) is 30.0. The van der Waals surface area contributed by atoms with Crippen molar-refractivity contribution in [1.82, 2.24) is 0 Å². The van der Waals surface area contributed by atoms with Gasteiger partial charge in [0.15, 0.2) is 0 Å². The van der Waals surface area contributed by atoms with Gasteiger partial charge in [0, 0.05) is 5.02 Å². The van der Waals surface area contributed by atoms with E-state index in [4.69, 9.17) is 16.3 Å². The number of rotatable bonds is 4. The van der Waals surface area contributed by atoms with Gasteiger partial charge < -0.3 is 4.74 Å². The molecule has 0 heterocycles. The van der Waals surface area contributed by atoms with E-state index in [1.165, 1.54) is 44.9 Å². The summed E-state index contributed by atoms with van der Waals surface area (Å²) in [5, 5.41) is 0.707. The highest BCUT2D eigenvalue weighted by atomic mass is 35.5. The fraction of sp³-hybridized carbons (Fsp3) is 0.682. The summed E-state index contributed by atoms with van der Waals surface area (Å²) < 4.78 is 5.60. The van der Waals surface area contributed by atoms with Crippen molar-refractivity contribution >= 4 is 17.6 Å². The topological polar surface area (TPSA) is 26.3 Å². The Bertz CT molecular complexity index is 582. The maximum atomic E-state index is 12.5. The van der Waals surface area contributed by atoms with Crippen LogP contribution >= 0.6 is 11.6 Å². The van der Waals surface area contributed by atoms with Gasteiger partial charge in [-0.25, -0.2) is 0 Å². The first-order valence-corrected chi connectivity index (χ1v) is 10.4. The molecule has 3 rings (SSSR count). The van der Waals surface area contributed by atoms with Crippen LogP contribution in [-0.4, -0.2) is 5.97 Å². The summed E-state index contributed by atoms with van der Waals surface area (Å²) in [6.07, 6.45) is 11.4. The van der Waals surface area contributed by atoms with Crippen LogP contribution in [0.2, 0.25) is 5.02 Å². The van der Waals surface area contributed by atoms with Crippen molar-refractivity contribution in [1.29, 1.82) is 0 Å². The molecule has 1 aromatic carbocycles. The number of hydrogen-bond acceptors (Lipinski definition) is 2. The maximum absolute atomic E-state index is 12.5. The lowest BCUT2D eigenvalue weighted by Crippen LogP contribution is -2.30. The van der Waals surface area contributed by atoms with Crippen LogP contribution < -0.4 is 4.74 Å². The maximum Gasteiger partial charge on any atom is 0.314 e. The smallest absolute Gasteiger partial charge is 0.314 e. The van der Waals surface area contributed by atoms with E-state index in [0.29, 0.717) is 10.8 Å². The molecule has 0 unspecified atom stereocenters. The molecule has 0 atom stereocenters. The molecule has 1 aromatic rings. The van der Waals surface area contributed by atoms with Gasteiger partial charge in [-0.15, -0.1) is 0 Å². The minimum atomic E-state index is -0.0603. The molecule has 0 saturated heterocycles. The van der Waals surface area contributed by atoms with Crippen LogP contribution in [0.1, 0.15) is 70.3 Å². The van der Waals surface area contributed by atoms with E-state index in [-0.39, 0.29) is 11.9 Å². The lowest BCUT2D eigenvalue weighted by Gasteiger charge is -2.37. The van der Waals surface area contributed by atoms with Crippen LogP contribution in [0, 0.1) is 30.6 Å². The summed E-state index contributed by atoms with van der Waals surface area (Å²) in [6, 6.07) is 5.42. The zero-order valence-corrected chi connectivity index (χ0v) is 16.4. The van der Waals surface area contributed by atoms with Gasteiger partial charge >= 0.3 is 5.97 Å². The largest absolute Gasteiger partial charge is 0.426 e. The summed E-state index contributed by atoms with van der Waals surface area (Å²) in [5.74, 6) is 3.32. The van der Waals surface area contributed by atoms with Gasteiger partial charge in [-0.1, -0.05) is 37.8 Å². The highest BCUT2D eigenvalue weighted by Gasteiger charge is 2.33. The molecule has 0 spiro atoms. The SMILES string of the molecule is CCC1CCC(C2CCC(C(=O)Oc3ccc(Cl)c(C)c3)CC2)CC1. The Labute approximate surface area is 157 Å². The van der Waals surface area contributed by atoms with Gasteiger partial charge in [0.25, 0.3) is 0 Å². The molecule has 0 amide bonds. The van der Waals surface area contributed by atoms with E-state index < -0.39 is 0 Å². The Morgan fingerprint density at radius 1 is 1.04 bits per heavy atom. The van der Waals surface area contributed by atoms with Crippen LogP contribution in [0.3, 0.4) is 0 Å². The summed E-state index contributed by atoms with van der Waals surface area (Å²) in [7, 11) is 0. The average Bonchev–Trinajstić information content (AvgIpc) is 2.65. The Kier molecular flexibility index (Phi) is 6.44. The van der Waals surface area contributed by atoms with E-state index in [0.717, 1.165) is 36.2 Å². The Balaban J connectivity index is 1.47. The minimum absolute atomic E-state index is 0.0603. The second-order valence-electron chi connectivity index (χ2n) is 8.13. The molecule has 0 bridgehead atoms. The van der Waals surface area contributed by atoms with E-state index in [9.17, 15) is 4.79 Å². The second kappa shape index (κ2) is 8.58. The van der Waals surface area contributed by atoms with E-state index >= 15 is 0 Å². The first-order valence-electron chi connectivity index (χ1n) is 10.0. The second-order valence-corrected chi connectivity index (χ2v) is 8.54. The van der Waals surface area contributed by atoms with Gasteiger partial charge in [-0.3, -0.25) is 4.79 Å². The third-order valence-corrected chi connectivity index (χ3v) is 7.01. The van der Waals surface area contributed by atoms with Crippen molar-refractivity contribution in [2.24, 2.45) is 23.7 Å². The Morgan fingerprint density at radius 2 is 1.64 bits per heavy atom. The van der Waals surface area contributed by atoms with Crippen LogP contribution in [0.15, 0.2) is 18.2 Å². The summed E-state index contributed by atoms with van der Waals surface area (Å²) >= 11 is 6.03. The standard InChI is InChI=1S/C22H31ClO2/c1-3-16-4-6-17(7-5-16)18-8-10-19(11-9-18)22(24)25-20-12-13-21(23)15(2)14-20/h12-14,16-19H,3-11H2,1-2H3. The van der Waals surface area contributed by atoms with E-state index in [1.807, 2.05) is 13.0 Å². The zero-order chi connectivity index (χ0) is 17.8. The Hall–Kier alpha value is -1.02. The van der Waals surface area contributed by atoms with E-state index in [2.05, 4.69) is 6.92 Å². The van der Waals surface area contributed by atoms with Crippen molar-refractivity contribution in [3.63, 3.8) is 0 Å². The van der Waals surface area contributed by atoms with Crippen LogP contribution in [-0.2, 0) is 4.79 Å². The van der Waals surface area contributed by atoms with Crippen molar-refractivity contribution < 1.29 is 9.53 Å². The molecule has 3 heteroatoms. The van der Waals surface area contributed by atoms with Gasteiger partial charge in [0.2, 0.25) is 0 Å². The molecule has 2 fully saturated rings.